The molecule has 0 unspecified atom stereocenters. The molecule has 214 valence electrons. The molecule has 0 aliphatic heterocycles. The molecule has 0 saturated carbocycles. The van der Waals surface area contributed by atoms with Crippen molar-refractivity contribution < 1.29 is 24.3 Å². The van der Waals surface area contributed by atoms with Crippen LogP contribution in [0.2, 0.25) is 0 Å². The van der Waals surface area contributed by atoms with Crippen molar-refractivity contribution in [3.05, 3.63) is 114 Å². The Balaban J connectivity index is 1.31. The lowest BCUT2D eigenvalue weighted by molar-refractivity contribution is -0.124. The number of carbonyl (C=O) groups is 2. The Kier molecular flexibility index (Phi) is 8.84. The maximum Gasteiger partial charge on any atom is 0.267 e. The Morgan fingerprint density at radius 1 is 0.952 bits per heavy atom. The van der Waals surface area contributed by atoms with Gasteiger partial charge in [-0.3, -0.25) is 14.8 Å². The van der Waals surface area contributed by atoms with E-state index >= 15 is 0 Å². The van der Waals surface area contributed by atoms with Gasteiger partial charge in [0.15, 0.2) is 0 Å². The number of rotatable bonds is 11. The van der Waals surface area contributed by atoms with Crippen LogP contribution in [0.4, 0.5) is 0 Å². The molecule has 1 heterocycles. The van der Waals surface area contributed by atoms with Crippen molar-refractivity contribution in [3.63, 3.8) is 0 Å². The Hall–Kier alpha value is -5.08. The number of benzene rings is 4. The van der Waals surface area contributed by atoms with Crippen molar-refractivity contribution in [3.8, 4) is 11.5 Å². The van der Waals surface area contributed by atoms with Crippen molar-refractivity contribution in [1.29, 1.82) is 0 Å². The van der Waals surface area contributed by atoms with Gasteiger partial charge in [0.2, 0.25) is 5.91 Å². The van der Waals surface area contributed by atoms with Gasteiger partial charge in [-0.25, -0.2) is 5.48 Å². The molecule has 0 saturated heterocycles. The van der Waals surface area contributed by atoms with E-state index in [1.54, 1.807) is 42.9 Å². The smallest absolute Gasteiger partial charge is 0.267 e. The first-order valence-corrected chi connectivity index (χ1v) is 13.7. The van der Waals surface area contributed by atoms with Crippen molar-refractivity contribution >= 4 is 39.6 Å². The van der Waals surface area contributed by atoms with E-state index in [-0.39, 0.29) is 24.5 Å². The van der Waals surface area contributed by atoms with Gasteiger partial charge in [-0.1, -0.05) is 54.6 Å². The average Bonchev–Trinajstić information content (AvgIpc) is 3.44. The lowest BCUT2D eigenvalue weighted by Crippen LogP contribution is -2.42. The molecule has 42 heavy (non-hydrogen) atoms. The van der Waals surface area contributed by atoms with Gasteiger partial charge in [0.1, 0.15) is 18.1 Å². The van der Waals surface area contributed by atoms with Crippen LogP contribution in [0.15, 0.2) is 97.2 Å². The summed E-state index contributed by atoms with van der Waals surface area (Å²) in [4.78, 5) is 28.1. The summed E-state index contributed by atoms with van der Waals surface area (Å²) in [5.41, 5.74) is 5.40. The van der Waals surface area contributed by atoms with Gasteiger partial charge in [0.05, 0.1) is 19.1 Å². The first-order valence-electron chi connectivity index (χ1n) is 13.7. The van der Waals surface area contributed by atoms with Crippen molar-refractivity contribution in [1.82, 2.24) is 15.8 Å². The number of nitrogens with one attached hydrogen (secondary N) is 3. The number of aromatic nitrogens is 1. The molecule has 2 amide bonds. The summed E-state index contributed by atoms with van der Waals surface area (Å²) in [5.74, 6) is 0.365. The molecular weight excluding hydrogens is 530 g/mol. The summed E-state index contributed by atoms with van der Waals surface area (Å²) in [6.45, 7) is 2.17. The van der Waals surface area contributed by atoms with Gasteiger partial charge in [-0.2, -0.15) is 0 Å². The van der Waals surface area contributed by atoms with E-state index in [4.69, 9.17) is 14.7 Å². The molecule has 0 bridgehead atoms. The third-order valence-corrected chi connectivity index (χ3v) is 7.32. The SMILES string of the molecule is COc1ccc2cc([C@H](C)C(=O)N[C@H](COc3ccc(/C=C/C(=O)NO)cc3)Cc3c[nH]c4ccccc34)ccc2c1. The van der Waals surface area contributed by atoms with Gasteiger partial charge in [0, 0.05) is 23.2 Å². The monoisotopic (exact) mass is 563 g/mol. The maximum absolute atomic E-state index is 13.5. The second kappa shape index (κ2) is 13.1. The van der Waals surface area contributed by atoms with E-state index in [0.29, 0.717) is 12.2 Å². The number of fused-ring (bicyclic) bond motifs is 2. The molecule has 1 aromatic heterocycles. The fourth-order valence-electron chi connectivity index (χ4n) is 4.91. The summed E-state index contributed by atoms with van der Waals surface area (Å²) in [6, 6.07) is 26.9. The van der Waals surface area contributed by atoms with Gasteiger partial charge in [0.25, 0.3) is 5.91 Å². The largest absolute Gasteiger partial charge is 0.497 e. The van der Waals surface area contributed by atoms with Crippen LogP contribution < -0.4 is 20.3 Å². The average molecular weight is 564 g/mol. The van der Waals surface area contributed by atoms with E-state index in [1.165, 1.54) is 6.08 Å². The van der Waals surface area contributed by atoms with Crippen LogP contribution in [0.3, 0.4) is 0 Å². The van der Waals surface area contributed by atoms with E-state index in [9.17, 15) is 9.59 Å². The molecule has 5 rings (SSSR count). The minimum absolute atomic E-state index is 0.0843. The summed E-state index contributed by atoms with van der Waals surface area (Å²) in [6.07, 6.45) is 5.38. The predicted molar refractivity (Wildman–Crippen MR) is 164 cm³/mol. The first kappa shape index (κ1) is 28.4. The highest BCUT2D eigenvalue weighted by atomic mass is 16.5. The van der Waals surface area contributed by atoms with Gasteiger partial charge in [-0.15, -0.1) is 0 Å². The van der Waals surface area contributed by atoms with Gasteiger partial charge in [-0.05, 0) is 77.2 Å². The standard InChI is InChI=1S/C34H33N3O5/c1-22(24-10-11-26-19-30(41-2)15-12-25(26)17-24)34(39)36-28(18-27-20-35-32-6-4-3-5-31(27)32)21-42-29-13-7-23(8-14-29)9-16-33(38)37-40/h3-17,19-20,22,28,35,40H,18,21H2,1-2H3,(H,36,39)(H,37,38)/b16-9+/t22-,28-/m0/s1. The molecule has 4 N–H and O–H groups in total. The predicted octanol–water partition coefficient (Wildman–Crippen LogP) is 5.76. The highest BCUT2D eigenvalue weighted by molar-refractivity contribution is 5.91. The third-order valence-electron chi connectivity index (χ3n) is 7.32. The van der Waals surface area contributed by atoms with E-state index in [1.807, 2.05) is 67.7 Å². The zero-order chi connectivity index (χ0) is 29.5. The quantitative estimate of drug-likeness (QED) is 0.0928. The highest BCUT2D eigenvalue weighted by Gasteiger charge is 2.22. The Labute approximate surface area is 243 Å². The number of aromatic amines is 1. The Morgan fingerprint density at radius 3 is 2.48 bits per heavy atom. The normalized spacial score (nSPS) is 12.7. The molecule has 0 aliphatic carbocycles. The minimum atomic E-state index is -0.607. The van der Waals surface area contributed by atoms with Crippen molar-refractivity contribution in [2.75, 3.05) is 13.7 Å². The molecule has 2 atom stereocenters. The summed E-state index contributed by atoms with van der Waals surface area (Å²) in [5, 5.41) is 15.1. The lowest BCUT2D eigenvalue weighted by Gasteiger charge is -2.22. The van der Waals surface area contributed by atoms with Crippen LogP contribution >= 0.6 is 0 Å². The summed E-state index contributed by atoms with van der Waals surface area (Å²) in [7, 11) is 1.65. The van der Waals surface area contributed by atoms with Crippen LogP contribution in [0.1, 0.15) is 29.5 Å². The molecule has 0 radical (unpaired) electrons. The van der Waals surface area contributed by atoms with Crippen LogP contribution in [0.5, 0.6) is 11.5 Å². The van der Waals surface area contributed by atoms with Gasteiger partial charge < -0.3 is 19.8 Å². The highest BCUT2D eigenvalue weighted by Crippen LogP contribution is 2.26. The topological polar surface area (TPSA) is 113 Å². The Bertz CT molecular complexity index is 1720. The van der Waals surface area contributed by atoms with Crippen molar-refractivity contribution in [2.45, 2.75) is 25.3 Å². The number of amides is 2. The van der Waals surface area contributed by atoms with Crippen molar-refractivity contribution in [2.24, 2.45) is 0 Å². The number of H-pyrrole nitrogens is 1. The fourth-order valence-corrected chi connectivity index (χ4v) is 4.91. The number of methoxy groups -OCH3 is 1. The number of ether oxygens (including phenoxy) is 2. The Morgan fingerprint density at radius 2 is 1.69 bits per heavy atom. The summed E-state index contributed by atoms with van der Waals surface area (Å²) < 4.78 is 11.4. The number of carbonyl (C=O) groups excluding carboxylic acids is 2. The molecule has 8 heteroatoms. The molecular formula is C34H33N3O5. The third kappa shape index (κ3) is 6.79. The van der Waals surface area contributed by atoms with E-state index < -0.39 is 5.91 Å². The fraction of sp³-hybridized carbons (Fsp3) is 0.176. The van der Waals surface area contributed by atoms with Gasteiger partial charge >= 0.3 is 0 Å². The first-order chi connectivity index (χ1) is 20.4. The lowest BCUT2D eigenvalue weighted by atomic mass is 9.96. The molecule has 0 aliphatic rings. The minimum Gasteiger partial charge on any atom is -0.497 e. The molecule has 5 aromatic rings. The molecule has 0 fully saturated rings. The molecule has 8 nitrogen and oxygen atoms in total. The zero-order valence-electron chi connectivity index (χ0n) is 23.5. The number of para-hydroxylation sites is 1. The van der Waals surface area contributed by atoms with E-state index in [2.05, 4.69) is 16.4 Å². The number of hydroxylamine groups is 1. The van der Waals surface area contributed by atoms with Crippen LogP contribution in [-0.2, 0) is 16.0 Å². The zero-order valence-corrected chi connectivity index (χ0v) is 23.5. The summed E-state index contributed by atoms with van der Waals surface area (Å²) >= 11 is 0. The number of hydrogen-bond donors (Lipinski definition) is 4. The van der Waals surface area contributed by atoms with E-state index in [0.717, 1.165) is 44.1 Å². The number of hydrogen-bond acceptors (Lipinski definition) is 5. The van der Waals surface area contributed by atoms with Crippen LogP contribution in [0.25, 0.3) is 27.8 Å². The second-order valence-electron chi connectivity index (χ2n) is 10.2. The second-order valence-corrected chi connectivity index (χ2v) is 10.2. The van der Waals surface area contributed by atoms with Crippen LogP contribution in [-0.4, -0.2) is 41.8 Å². The molecule has 4 aromatic carbocycles. The maximum atomic E-state index is 13.5. The van der Waals surface area contributed by atoms with Crippen LogP contribution in [0, 0.1) is 0 Å². The molecule has 0 spiro atoms.